The molecule has 0 N–H and O–H groups in total. The van der Waals surface area contributed by atoms with Gasteiger partial charge in [0.25, 0.3) is 0 Å². The minimum atomic E-state index is -1.33. The molecule has 0 aromatic heterocycles. The Morgan fingerprint density at radius 1 is 0.800 bits per heavy atom. The minimum absolute atomic E-state index is 1.00. The van der Waals surface area contributed by atoms with E-state index in [0.29, 0.717) is 0 Å². The highest BCUT2D eigenvalue weighted by atomic mass is 28.4. The summed E-state index contributed by atoms with van der Waals surface area (Å²) in [5.74, 6) is 0. The van der Waals surface area contributed by atoms with Gasteiger partial charge in [-0.3, -0.25) is 0 Å². The van der Waals surface area contributed by atoms with Crippen molar-refractivity contribution in [2.24, 2.45) is 0 Å². The molecular weight excluding hydrogens is 260 g/mol. The Kier molecular flexibility index (Phi) is 13.4. The van der Waals surface area contributed by atoms with E-state index in [2.05, 4.69) is 52.0 Å². The highest BCUT2D eigenvalue weighted by Gasteiger charge is 2.27. The van der Waals surface area contributed by atoms with Gasteiger partial charge in [-0.15, -0.1) is 0 Å². The first-order valence-corrected chi connectivity index (χ1v) is 11.2. The van der Waals surface area contributed by atoms with E-state index in [9.17, 15) is 0 Å². The zero-order valence-electron chi connectivity index (χ0n) is 14.3. The van der Waals surface area contributed by atoms with Crippen LogP contribution in [0.1, 0.15) is 66.2 Å². The number of allylic oxidation sites excluding steroid dienone is 4. The molecule has 20 heavy (non-hydrogen) atoms. The van der Waals surface area contributed by atoms with E-state index >= 15 is 0 Å². The molecule has 0 fully saturated rings. The smallest absolute Gasteiger partial charge is 0.191 e. The van der Waals surface area contributed by atoms with Crippen LogP contribution in [-0.2, 0) is 4.43 Å². The van der Waals surface area contributed by atoms with Crippen LogP contribution in [0.25, 0.3) is 0 Å². The van der Waals surface area contributed by atoms with Gasteiger partial charge in [-0.25, -0.2) is 0 Å². The van der Waals surface area contributed by atoms with E-state index < -0.39 is 8.32 Å². The zero-order chi connectivity index (χ0) is 15.1. The van der Waals surface area contributed by atoms with Crippen LogP contribution in [0.2, 0.25) is 18.1 Å². The van der Waals surface area contributed by atoms with Crippen molar-refractivity contribution >= 4 is 8.32 Å². The van der Waals surface area contributed by atoms with Crippen LogP contribution < -0.4 is 0 Å². The maximum Gasteiger partial charge on any atom is 0.191 e. The van der Waals surface area contributed by atoms with Gasteiger partial charge in [0.05, 0.1) is 0 Å². The summed E-state index contributed by atoms with van der Waals surface area (Å²) < 4.78 is 6.27. The molecule has 0 aromatic rings. The summed E-state index contributed by atoms with van der Waals surface area (Å²) in [6.07, 6.45) is 16.4. The summed E-state index contributed by atoms with van der Waals surface area (Å²) in [5.41, 5.74) is 0. The standard InChI is InChI=1S/C18H36OSi/c1-5-9-10-11-12-13-14-15-16-17-18-19-20(6-2,7-3)8-4/h5,9-11H,6-8,12-18H2,1-4H3/b9-5?,11-10+. The third kappa shape index (κ3) is 9.54. The molecule has 0 saturated heterocycles. The Morgan fingerprint density at radius 3 is 2.00 bits per heavy atom. The van der Waals surface area contributed by atoms with Crippen LogP contribution in [0.15, 0.2) is 24.3 Å². The Morgan fingerprint density at radius 2 is 1.40 bits per heavy atom. The topological polar surface area (TPSA) is 9.23 Å². The average Bonchev–Trinajstić information content (AvgIpc) is 2.49. The lowest BCUT2D eigenvalue weighted by atomic mass is 10.1. The summed E-state index contributed by atoms with van der Waals surface area (Å²) in [7, 11) is -1.33. The van der Waals surface area contributed by atoms with Gasteiger partial charge in [0, 0.05) is 6.61 Å². The molecule has 0 aliphatic carbocycles. The fraction of sp³-hybridized carbons (Fsp3) is 0.778. The summed E-state index contributed by atoms with van der Waals surface area (Å²) in [4.78, 5) is 0. The third-order valence-electron chi connectivity index (χ3n) is 4.30. The second-order valence-electron chi connectivity index (χ2n) is 5.60. The molecule has 0 aromatic carbocycles. The largest absolute Gasteiger partial charge is 0.417 e. The van der Waals surface area contributed by atoms with E-state index in [1.807, 2.05) is 0 Å². The van der Waals surface area contributed by atoms with Gasteiger partial charge in [0.1, 0.15) is 0 Å². The second kappa shape index (κ2) is 13.6. The zero-order valence-corrected chi connectivity index (χ0v) is 15.3. The van der Waals surface area contributed by atoms with Gasteiger partial charge in [-0.1, -0.05) is 64.3 Å². The van der Waals surface area contributed by atoms with E-state index in [1.54, 1.807) is 0 Å². The fourth-order valence-electron chi connectivity index (χ4n) is 2.53. The minimum Gasteiger partial charge on any atom is -0.417 e. The molecule has 0 rings (SSSR count). The lowest BCUT2D eigenvalue weighted by Gasteiger charge is -2.27. The van der Waals surface area contributed by atoms with Gasteiger partial charge in [0.15, 0.2) is 8.32 Å². The predicted molar refractivity (Wildman–Crippen MR) is 94.8 cm³/mol. The molecule has 0 spiro atoms. The predicted octanol–water partition coefficient (Wildman–Crippen LogP) is 6.48. The summed E-state index contributed by atoms with van der Waals surface area (Å²) in [6.45, 7) is 9.98. The molecule has 0 unspecified atom stereocenters. The van der Waals surface area contributed by atoms with Crippen LogP contribution in [-0.4, -0.2) is 14.9 Å². The van der Waals surface area contributed by atoms with E-state index in [4.69, 9.17) is 4.43 Å². The summed E-state index contributed by atoms with van der Waals surface area (Å²) >= 11 is 0. The number of hydrogen-bond donors (Lipinski definition) is 0. The first kappa shape index (κ1) is 19.7. The Hall–Kier alpha value is -0.343. The van der Waals surface area contributed by atoms with Crippen molar-refractivity contribution in [2.45, 2.75) is 84.4 Å². The average molecular weight is 297 g/mol. The van der Waals surface area contributed by atoms with Gasteiger partial charge in [0.2, 0.25) is 0 Å². The molecular formula is C18H36OSi. The van der Waals surface area contributed by atoms with Crippen LogP contribution in [0.3, 0.4) is 0 Å². The van der Waals surface area contributed by atoms with Gasteiger partial charge in [-0.2, -0.15) is 0 Å². The Bertz CT molecular complexity index is 246. The molecule has 0 radical (unpaired) electrons. The molecule has 118 valence electrons. The van der Waals surface area contributed by atoms with Crippen molar-refractivity contribution < 1.29 is 4.43 Å². The lowest BCUT2D eigenvalue weighted by molar-refractivity contribution is 0.287. The number of rotatable bonds is 13. The van der Waals surface area contributed by atoms with E-state index in [0.717, 1.165) is 6.61 Å². The molecule has 0 amide bonds. The quantitative estimate of drug-likeness (QED) is 0.215. The van der Waals surface area contributed by atoms with Crippen LogP contribution in [0, 0.1) is 0 Å². The molecule has 0 bridgehead atoms. The first-order valence-electron chi connectivity index (χ1n) is 8.66. The van der Waals surface area contributed by atoms with Gasteiger partial charge >= 0.3 is 0 Å². The highest BCUT2D eigenvalue weighted by Crippen LogP contribution is 2.22. The van der Waals surface area contributed by atoms with Crippen molar-refractivity contribution in [3.05, 3.63) is 24.3 Å². The number of unbranched alkanes of at least 4 members (excludes halogenated alkanes) is 5. The van der Waals surface area contributed by atoms with E-state index in [-0.39, 0.29) is 0 Å². The maximum absolute atomic E-state index is 6.27. The van der Waals surface area contributed by atoms with Gasteiger partial charge in [-0.05, 0) is 44.3 Å². The van der Waals surface area contributed by atoms with Crippen molar-refractivity contribution in [1.82, 2.24) is 0 Å². The van der Waals surface area contributed by atoms with E-state index in [1.165, 1.54) is 56.7 Å². The number of hydrogen-bond acceptors (Lipinski definition) is 1. The van der Waals surface area contributed by atoms with Crippen molar-refractivity contribution in [2.75, 3.05) is 6.61 Å². The van der Waals surface area contributed by atoms with Crippen LogP contribution >= 0.6 is 0 Å². The van der Waals surface area contributed by atoms with Gasteiger partial charge < -0.3 is 4.43 Å². The third-order valence-corrected chi connectivity index (χ3v) is 8.98. The monoisotopic (exact) mass is 296 g/mol. The normalized spacial score (nSPS) is 12.8. The summed E-state index contributed by atoms with van der Waals surface area (Å²) in [6, 6.07) is 3.83. The Balaban J connectivity index is 3.44. The maximum atomic E-state index is 6.27. The van der Waals surface area contributed by atoms with Crippen LogP contribution in [0.5, 0.6) is 0 Å². The molecule has 2 heteroatoms. The van der Waals surface area contributed by atoms with Crippen molar-refractivity contribution in [1.29, 1.82) is 0 Å². The molecule has 0 aliphatic rings. The molecule has 0 saturated carbocycles. The highest BCUT2D eigenvalue weighted by molar-refractivity contribution is 6.73. The van der Waals surface area contributed by atoms with Crippen molar-refractivity contribution in [3.8, 4) is 0 Å². The second-order valence-corrected chi connectivity index (χ2v) is 10.4. The molecule has 1 nitrogen and oxygen atoms in total. The molecule has 0 aliphatic heterocycles. The SMILES string of the molecule is CC=C/C=C/CCCCCCCO[Si](CC)(CC)CC. The first-order chi connectivity index (χ1) is 9.74. The summed E-state index contributed by atoms with van der Waals surface area (Å²) in [5, 5.41) is 0. The lowest BCUT2D eigenvalue weighted by Crippen LogP contribution is -2.36. The molecule has 0 atom stereocenters. The fourth-order valence-corrected chi connectivity index (χ4v) is 5.22. The van der Waals surface area contributed by atoms with Crippen molar-refractivity contribution in [3.63, 3.8) is 0 Å². The van der Waals surface area contributed by atoms with Crippen LogP contribution in [0.4, 0.5) is 0 Å². The molecule has 0 heterocycles. The Labute approximate surface area is 128 Å².